The van der Waals surface area contributed by atoms with E-state index in [2.05, 4.69) is 10.2 Å². The normalized spacial score (nSPS) is 11.2. The first-order valence-corrected chi connectivity index (χ1v) is 9.74. The molecule has 2 aromatic carbocycles. The number of rotatable bonds is 6. The van der Waals surface area contributed by atoms with Crippen molar-refractivity contribution in [1.82, 2.24) is 10.2 Å². The van der Waals surface area contributed by atoms with Crippen molar-refractivity contribution < 1.29 is 14.1 Å². The molecule has 0 radical (unpaired) electrons. The Bertz CT molecular complexity index is 1320. The average Bonchev–Trinajstić information content (AvgIpc) is 3.43. The summed E-state index contributed by atoms with van der Waals surface area (Å²) in [4.78, 5) is 23.1. The number of aromatic amines is 1. The zero-order valence-corrected chi connectivity index (χ0v) is 17.2. The number of ketones is 1. The first-order chi connectivity index (χ1) is 14.9. The summed E-state index contributed by atoms with van der Waals surface area (Å²) in [7, 11) is 0. The SMILES string of the molecule is O=C(C=Cc1cn[nH]c1-c1cccc([N+](=O)[O-])c1)c1ccc(-c2cc(Cl)ccc2Cl)o1. The number of benzene rings is 2. The molecule has 31 heavy (non-hydrogen) atoms. The maximum atomic E-state index is 12.6. The van der Waals surface area contributed by atoms with E-state index >= 15 is 0 Å². The van der Waals surface area contributed by atoms with Crippen LogP contribution in [0.3, 0.4) is 0 Å². The molecular formula is C22H13Cl2N3O4. The third-order valence-corrected chi connectivity index (χ3v) is 5.04. The number of hydrogen-bond donors (Lipinski definition) is 1. The average molecular weight is 454 g/mol. The highest BCUT2D eigenvalue weighted by molar-refractivity contribution is 6.35. The van der Waals surface area contributed by atoms with E-state index in [0.29, 0.717) is 38.2 Å². The molecule has 0 atom stereocenters. The van der Waals surface area contributed by atoms with Crippen molar-refractivity contribution in [3.8, 4) is 22.6 Å². The Morgan fingerprint density at radius 1 is 1.13 bits per heavy atom. The molecule has 9 heteroatoms. The fourth-order valence-corrected chi connectivity index (χ4v) is 3.36. The Morgan fingerprint density at radius 2 is 1.97 bits per heavy atom. The zero-order valence-electron chi connectivity index (χ0n) is 15.7. The van der Waals surface area contributed by atoms with Crippen molar-refractivity contribution in [2.75, 3.05) is 0 Å². The first-order valence-electron chi connectivity index (χ1n) is 8.98. The zero-order chi connectivity index (χ0) is 22.0. The summed E-state index contributed by atoms with van der Waals surface area (Å²) in [6, 6.07) is 14.3. The number of hydrogen-bond acceptors (Lipinski definition) is 5. The van der Waals surface area contributed by atoms with Gasteiger partial charge in [0.1, 0.15) is 5.76 Å². The van der Waals surface area contributed by atoms with E-state index in [-0.39, 0.29) is 17.2 Å². The lowest BCUT2D eigenvalue weighted by Gasteiger charge is -2.01. The lowest BCUT2D eigenvalue weighted by Crippen LogP contribution is -1.91. The van der Waals surface area contributed by atoms with E-state index in [9.17, 15) is 14.9 Å². The van der Waals surface area contributed by atoms with Gasteiger partial charge in [-0.1, -0.05) is 35.3 Å². The molecule has 4 rings (SSSR count). The monoisotopic (exact) mass is 453 g/mol. The van der Waals surface area contributed by atoms with Crippen molar-refractivity contribution in [2.45, 2.75) is 0 Å². The highest BCUT2D eigenvalue weighted by atomic mass is 35.5. The molecule has 0 aliphatic heterocycles. The third-order valence-electron chi connectivity index (χ3n) is 4.47. The van der Waals surface area contributed by atoms with Gasteiger partial charge in [-0.25, -0.2) is 0 Å². The van der Waals surface area contributed by atoms with Gasteiger partial charge in [-0.15, -0.1) is 0 Å². The fourth-order valence-electron chi connectivity index (χ4n) is 2.98. The lowest BCUT2D eigenvalue weighted by molar-refractivity contribution is -0.384. The number of nitrogens with one attached hydrogen (secondary N) is 1. The maximum Gasteiger partial charge on any atom is 0.270 e. The minimum absolute atomic E-state index is 0.0408. The van der Waals surface area contributed by atoms with E-state index in [1.54, 1.807) is 48.5 Å². The summed E-state index contributed by atoms with van der Waals surface area (Å²) in [5.74, 6) is 0.183. The van der Waals surface area contributed by atoms with Crippen molar-refractivity contribution in [3.05, 3.63) is 98.4 Å². The van der Waals surface area contributed by atoms with Crippen LogP contribution in [0.25, 0.3) is 28.7 Å². The molecule has 154 valence electrons. The molecule has 0 bridgehead atoms. The molecule has 1 N–H and O–H groups in total. The number of nitro groups is 1. The van der Waals surface area contributed by atoms with Crippen molar-refractivity contribution in [3.63, 3.8) is 0 Å². The van der Waals surface area contributed by atoms with Crippen LogP contribution in [-0.2, 0) is 0 Å². The minimum Gasteiger partial charge on any atom is -0.453 e. The molecule has 0 amide bonds. The molecule has 0 spiro atoms. The van der Waals surface area contributed by atoms with Crippen molar-refractivity contribution >= 4 is 40.7 Å². The van der Waals surface area contributed by atoms with Crippen LogP contribution in [0.5, 0.6) is 0 Å². The molecule has 2 heterocycles. The third kappa shape index (κ3) is 4.42. The van der Waals surface area contributed by atoms with Crippen LogP contribution in [-0.4, -0.2) is 20.9 Å². The Kier molecular flexibility index (Phi) is 5.70. The van der Waals surface area contributed by atoms with Crippen molar-refractivity contribution in [1.29, 1.82) is 0 Å². The highest BCUT2D eigenvalue weighted by Crippen LogP contribution is 2.32. The molecule has 0 saturated heterocycles. The van der Waals surface area contributed by atoms with E-state index < -0.39 is 4.92 Å². The number of carbonyl (C=O) groups is 1. The predicted octanol–water partition coefficient (Wildman–Crippen LogP) is 6.45. The van der Waals surface area contributed by atoms with Gasteiger partial charge in [0.05, 0.1) is 21.8 Å². The Hall–Kier alpha value is -3.68. The molecule has 2 aromatic heterocycles. The van der Waals surface area contributed by atoms with Gasteiger partial charge >= 0.3 is 0 Å². The summed E-state index contributed by atoms with van der Waals surface area (Å²) in [5.41, 5.74) is 2.27. The minimum atomic E-state index is -0.473. The lowest BCUT2D eigenvalue weighted by atomic mass is 10.1. The quantitative estimate of drug-likeness (QED) is 0.156. The molecule has 4 aromatic rings. The van der Waals surface area contributed by atoms with Crippen LogP contribution in [0.4, 0.5) is 5.69 Å². The van der Waals surface area contributed by atoms with Gasteiger partial charge in [-0.05, 0) is 42.5 Å². The van der Waals surface area contributed by atoms with Gasteiger partial charge in [0, 0.05) is 33.8 Å². The molecule has 0 aliphatic rings. The van der Waals surface area contributed by atoms with Crippen LogP contribution in [0.1, 0.15) is 16.1 Å². The topological polar surface area (TPSA) is 102 Å². The van der Waals surface area contributed by atoms with Crippen LogP contribution in [0.15, 0.2) is 71.3 Å². The standard InChI is InChI=1S/C22H13Cl2N3O4/c23-15-5-6-18(24)17(11-15)20-8-9-21(31-20)19(28)7-4-14-12-25-26-22(14)13-2-1-3-16(10-13)27(29)30/h1-12H,(H,25,26). The second-order valence-corrected chi connectivity index (χ2v) is 7.34. The van der Waals surface area contributed by atoms with Crippen LogP contribution < -0.4 is 0 Å². The predicted molar refractivity (Wildman–Crippen MR) is 118 cm³/mol. The largest absolute Gasteiger partial charge is 0.453 e. The number of aromatic nitrogens is 2. The highest BCUT2D eigenvalue weighted by Gasteiger charge is 2.14. The van der Waals surface area contributed by atoms with Crippen LogP contribution in [0, 0.1) is 10.1 Å². The van der Waals surface area contributed by atoms with E-state index in [1.165, 1.54) is 24.4 Å². The first kappa shape index (κ1) is 20.6. The second kappa shape index (κ2) is 8.59. The second-order valence-electron chi connectivity index (χ2n) is 6.49. The summed E-state index contributed by atoms with van der Waals surface area (Å²) in [5, 5.41) is 18.7. The molecule has 0 fully saturated rings. The number of nitrogens with zero attached hydrogens (tertiary/aromatic N) is 2. The number of furan rings is 1. The Labute approximate surface area is 186 Å². The number of halogens is 2. The van der Waals surface area contributed by atoms with E-state index in [4.69, 9.17) is 27.6 Å². The molecule has 7 nitrogen and oxygen atoms in total. The van der Waals surface area contributed by atoms with E-state index in [0.717, 1.165) is 0 Å². The molecular weight excluding hydrogens is 441 g/mol. The number of nitro benzene ring substituents is 1. The van der Waals surface area contributed by atoms with Crippen molar-refractivity contribution in [2.24, 2.45) is 0 Å². The summed E-state index contributed by atoms with van der Waals surface area (Å²) >= 11 is 12.2. The number of non-ortho nitro benzene ring substituents is 1. The maximum absolute atomic E-state index is 12.6. The Morgan fingerprint density at radius 3 is 2.77 bits per heavy atom. The van der Waals surface area contributed by atoms with Gasteiger partial charge in [0.2, 0.25) is 5.78 Å². The van der Waals surface area contributed by atoms with Crippen LogP contribution >= 0.6 is 23.2 Å². The van der Waals surface area contributed by atoms with Gasteiger partial charge in [0.15, 0.2) is 5.76 Å². The van der Waals surface area contributed by atoms with Gasteiger partial charge < -0.3 is 4.42 Å². The number of allylic oxidation sites excluding steroid dienone is 1. The number of carbonyl (C=O) groups excluding carboxylic acids is 1. The molecule has 0 aliphatic carbocycles. The van der Waals surface area contributed by atoms with Gasteiger partial charge in [-0.2, -0.15) is 5.10 Å². The Balaban J connectivity index is 1.57. The molecule has 0 saturated carbocycles. The summed E-state index contributed by atoms with van der Waals surface area (Å²) in [6.07, 6.45) is 4.43. The van der Waals surface area contributed by atoms with Gasteiger partial charge in [-0.3, -0.25) is 20.0 Å². The number of H-pyrrole nitrogens is 1. The van der Waals surface area contributed by atoms with Crippen LogP contribution in [0.2, 0.25) is 10.0 Å². The van der Waals surface area contributed by atoms with E-state index in [1.807, 2.05) is 0 Å². The summed E-state index contributed by atoms with van der Waals surface area (Å²) < 4.78 is 5.65. The molecule has 0 unspecified atom stereocenters. The smallest absolute Gasteiger partial charge is 0.270 e. The summed E-state index contributed by atoms with van der Waals surface area (Å²) in [6.45, 7) is 0. The fraction of sp³-hybridized carbons (Fsp3) is 0. The van der Waals surface area contributed by atoms with Gasteiger partial charge in [0.25, 0.3) is 5.69 Å².